The van der Waals surface area contributed by atoms with E-state index >= 15 is 0 Å². The van der Waals surface area contributed by atoms with Gasteiger partial charge in [0.2, 0.25) is 0 Å². The second-order valence-electron chi connectivity index (χ2n) is 4.77. The van der Waals surface area contributed by atoms with Crippen LogP contribution in [0, 0.1) is 11.6 Å². The second-order valence-corrected chi connectivity index (χ2v) is 4.77. The number of hydrogen-bond acceptors (Lipinski definition) is 3. The predicted molar refractivity (Wildman–Crippen MR) is 70.0 cm³/mol. The normalized spacial score (nSPS) is 14.0. The summed E-state index contributed by atoms with van der Waals surface area (Å²) in [7, 11) is 1.79. The first-order chi connectivity index (χ1) is 9.99. The molecule has 0 bridgehead atoms. The lowest BCUT2D eigenvalue weighted by molar-refractivity contribution is -0.114. The van der Waals surface area contributed by atoms with Crippen LogP contribution in [0.1, 0.15) is 16.2 Å². The van der Waals surface area contributed by atoms with Gasteiger partial charge < -0.3 is 9.47 Å². The van der Waals surface area contributed by atoms with E-state index < -0.39 is 23.3 Å². The molecule has 3 rings (SSSR count). The maximum Gasteiger partial charge on any atom is 0.299 e. The number of aromatic nitrogens is 2. The fourth-order valence-electron chi connectivity index (χ4n) is 2.42. The van der Waals surface area contributed by atoms with Gasteiger partial charge in [-0.25, -0.2) is 13.8 Å². The molecule has 21 heavy (non-hydrogen) atoms. The minimum Gasteiger partial charge on any atom is -0.338 e. The van der Waals surface area contributed by atoms with Crippen LogP contribution in [-0.2, 0) is 18.3 Å². The second kappa shape index (κ2) is 4.76. The van der Waals surface area contributed by atoms with Gasteiger partial charge in [-0.1, -0.05) is 0 Å². The number of aryl methyl sites for hydroxylation is 1. The summed E-state index contributed by atoms with van der Waals surface area (Å²) in [5, 5.41) is 0. The van der Waals surface area contributed by atoms with E-state index in [1.165, 1.54) is 0 Å². The van der Waals surface area contributed by atoms with Crippen LogP contribution in [-0.4, -0.2) is 27.8 Å². The third-order valence-corrected chi connectivity index (χ3v) is 3.46. The molecule has 2 aromatic rings. The number of ketones is 1. The molecular weight excluding hydrogens is 280 g/mol. The number of halogens is 2. The molecule has 1 aromatic carbocycles. The maximum absolute atomic E-state index is 13.9. The van der Waals surface area contributed by atoms with Gasteiger partial charge in [-0.05, 0) is 6.07 Å². The molecule has 2 heterocycles. The fraction of sp³-hybridized carbons (Fsp3) is 0.214. The number of hydrogen-bond donors (Lipinski definition) is 0. The Labute approximate surface area is 118 Å². The number of anilines is 1. The van der Waals surface area contributed by atoms with Crippen LogP contribution in [0.3, 0.4) is 0 Å². The fourth-order valence-corrected chi connectivity index (χ4v) is 2.42. The monoisotopic (exact) mass is 291 g/mol. The Morgan fingerprint density at radius 2 is 2.00 bits per heavy atom. The molecule has 7 heteroatoms. The molecule has 0 N–H and O–H groups in total. The Balaban J connectivity index is 1.93. The number of carbonyl (C=O) groups excluding carboxylic acids is 2. The Morgan fingerprint density at radius 1 is 1.24 bits per heavy atom. The van der Waals surface area contributed by atoms with Gasteiger partial charge in [0, 0.05) is 38.5 Å². The molecule has 108 valence electrons. The molecule has 0 saturated carbocycles. The first-order valence-electron chi connectivity index (χ1n) is 6.30. The van der Waals surface area contributed by atoms with Crippen LogP contribution in [0.25, 0.3) is 0 Å². The molecule has 1 aliphatic rings. The van der Waals surface area contributed by atoms with Gasteiger partial charge in [-0.15, -0.1) is 0 Å². The van der Waals surface area contributed by atoms with E-state index in [1.54, 1.807) is 24.0 Å². The first kappa shape index (κ1) is 13.4. The van der Waals surface area contributed by atoms with Gasteiger partial charge in [0.05, 0.1) is 11.3 Å². The van der Waals surface area contributed by atoms with Crippen molar-refractivity contribution in [1.82, 2.24) is 9.55 Å². The minimum absolute atomic E-state index is 0.102. The zero-order valence-corrected chi connectivity index (χ0v) is 11.1. The lowest BCUT2D eigenvalue weighted by Gasteiger charge is -2.16. The molecule has 0 unspecified atom stereocenters. The number of imidazole rings is 1. The summed E-state index contributed by atoms with van der Waals surface area (Å²) in [5.41, 5.74) is -0.377. The highest BCUT2D eigenvalue weighted by molar-refractivity contribution is 6.52. The minimum atomic E-state index is -0.913. The van der Waals surface area contributed by atoms with E-state index in [-0.39, 0.29) is 17.8 Å². The number of rotatable bonds is 3. The average Bonchev–Trinajstić information content (AvgIpc) is 2.93. The molecule has 0 saturated heterocycles. The van der Waals surface area contributed by atoms with Crippen LogP contribution in [0.2, 0.25) is 0 Å². The van der Waals surface area contributed by atoms with Crippen molar-refractivity contribution in [3.05, 3.63) is 47.5 Å². The van der Waals surface area contributed by atoms with E-state index in [1.807, 2.05) is 0 Å². The van der Waals surface area contributed by atoms with E-state index in [9.17, 15) is 18.4 Å². The Hall–Kier alpha value is -2.57. The van der Waals surface area contributed by atoms with Crippen LogP contribution in [0.15, 0.2) is 24.5 Å². The van der Waals surface area contributed by atoms with Crippen molar-refractivity contribution in [2.24, 2.45) is 7.05 Å². The molecule has 1 amide bonds. The van der Waals surface area contributed by atoms with Crippen LogP contribution in [0.5, 0.6) is 0 Å². The van der Waals surface area contributed by atoms with Crippen LogP contribution in [0.4, 0.5) is 14.5 Å². The zero-order valence-electron chi connectivity index (χ0n) is 11.1. The lowest BCUT2D eigenvalue weighted by Crippen LogP contribution is -2.32. The van der Waals surface area contributed by atoms with Gasteiger partial charge in [0.1, 0.15) is 11.6 Å². The molecule has 0 aliphatic carbocycles. The molecule has 1 aliphatic heterocycles. The lowest BCUT2D eigenvalue weighted by atomic mass is 10.1. The number of fused-ring (bicyclic) bond motifs is 1. The molecule has 0 spiro atoms. The number of amides is 1. The number of Topliss-reactive ketones (excluding diaryl/α,β-unsaturated/α-hetero) is 1. The molecule has 0 radical (unpaired) electrons. The summed E-state index contributed by atoms with van der Waals surface area (Å²) in [5.74, 6) is -2.82. The summed E-state index contributed by atoms with van der Waals surface area (Å²) in [6.07, 6.45) is 3.71. The highest BCUT2D eigenvalue weighted by atomic mass is 19.1. The van der Waals surface area contributed by atoms with Gasteiger partial charge in [0.15, 0.2) is 5.82 Å². The first-order valence-corrected chi connectivity index (χ1v) is 6.30. The highest BCUT2D eigenvalue weighted by Crippen LogP contribution is 2.32. The predicted octanol–water partition coefficient (Wildman–Crippen LogP) is 1.47. The van der Waals surface area contributed by atoms with Crippen LogP contribution >= 0.6 is 0 Å². The van der Waals surface area contributed by atoms with Gasteiger partial charge in [0.25, 0.3) is 11.7 Å². The SMILES string of the molecule is Cn1ccnc1CCN1C(=O)C(=O)c2cc(F)cc(F)c21. The van der Waals surface area contributed by atoms with Crippen molar-refractivity contribution in [3.8, 4) is 0 Å². The van der Waals surface area contributed by atoms with Crippen molar-refractivity contribution < 1.29 is 18.4 Å². The van der Waals surface area contributed by atoms with E-state index in [4.69, 9.17) is 0 Å². The topological polar surface area (TPSA) is 55.2 Å². The highest BCUT2D eigenvalue weighted by Gasteiger charge is 2.38. The van der Waals surface area contributed by atoms with Gasteiger partial charge in [-0.2, -0.15) is 0 Å². The quantitative estimate of drug-likeness (QED) is 0.805. The summed E-state index contributed by atoms with van der Waals surface area (Å²) >= 11 is 0. The van der Waals surface area contributed by atoms with Crippen molar-refractivity contribution in [1.29, 1.82) is 0 Å². The molecule has 0 fully saturated rings. The van der Waals surface area contributed by atoms with E-state index in [0.717, 1.165) is 11.0 Å². The summed E-state index contributed by atoms with van der Waals surface area (Å²) < 4.78 is 28.8. The number of benzene rings is 1. The standard InChI is InChI=1S/C14H11F2N3O2/c1-18-5-3-17-11(18)2-4-19-12-9(13(20)14(19)21)6-8(15)7-10(12)16/h3,5-7H,2,4H2,1H3. The summed E-state index contributed by atoms with van der Waals surface area (Å²) in [4.78, 5) is 28.9. The van der Waals surface area contributed by atoms with Crippen LogP contribution < -0.4 is 4.90 Å². The number of nitrogens with zero attached hydrogens (tertiary/aromatic N) is 3. The Kier molecular flexibility index (Phi) is 3.04. The van der Waals surface area contributed by atoms with E-state index in [0.29, 0.717) is 18.3 Å². The third kappa shape index (κ3) is 2.10. The largest absolute Gasteiger partial charge is 0.338 e. The molecule has 5 nitrogen and oxygen atoms in total. The Morgan fingerprint density at radius 3 is 2.67 bits per heavy atom. The van der Waals surface area contributed by atoms with Gasteiger partial charge in [-0.3, -0.25) is 9.59 Å². The average molecular weight is 291 g/mol. The zero-order chi connectivity index (χ0) is 15.1. The third-order valence-electron chi connectivity index (χ3n) is 3.46. The smallest absolute Gasteiger partial charge is 0.299 e. The summed E-state index contributed by atoms with van der Waals surface area (Å²) in [6, 6.07) is 1.55. The summed E-state index contributed by atoms with van der Waals surface area (Å²) in [6.45, 7) is 0.102. The van der Waals surface area contributed by atoms with Crippen molar-refractivity contribution in [2.75, 3.05) is 11.4 Å². The molecule has 1 aromatic heterocycles. The van der Waals surface area contributed by atoms with Crippen molar-refractivity contribution >= 4 is 17.4 Å². The van der Waals surface area contributed by atoms with Crippen molar-refractivity contribution in [2.45, 2.75) is 6.42 Å². The number of carbonyl (C=O) groups is 2. The van der Waals surface area contributed by atoms with Crippen molar-refractivity contribution in [3.63, 3.8) is 0 Å². The molecular formula is C14H11F2N3O2. The van der Waals surface area contributed by atoms with E-state index in [2.05, 4.69) is 4.98 Å². The molecule has 0 atom stereocenters. The maximum atomic E-state index is 13.9. The Bertz CT molecular complexity index is 755. The van der Waals surface area contributed by atoms with Gasteiger partial charge >= 0.3 is 0 Å².